The van der Waals surface area contributed by atoms with Crippen LogP contribution < -0.4 is 11.1 Å². The summed E-state index contributed by atoms with van der Waals surface area (Å²) < 4.78 is 13.7. The van der Waals surface area contributed by atoms with E-state index in [4.69, 9.17) is 17.3 Å². The molecule has 21 heavy (non-hydrogen) atoms. The maximum Gasteiger partial charge on any atom is 0.247 e. The molecule has 0 spiro atoms. The molecule has 1 unspecified atom stereocenters. The van der Waals surface area contributed by atoms with Crippen LogP contribution in [0.15, 0.2) is 46.9 Å². The van der Waals surface area contributed by atoms with E-state index in [1.54, 1.807) is 31.2 Å². The molecule has 0 heterocycles. The van der Waals surface area contributed by atoms with Gasteiger partial charge in [0.2, 0.25) is 5.91 Å². The first-order valence-corrected chi connectivity index (χ1v) is 7.30. The molecule has 0 bridgehead atoms. The van der Waals surface area contributed by atoms with Gasteiger partial charge in [-0.25, -0.2) is 4.39 Å². The highest BCUT2D eigenvalue weighted by molar-refractivity contribution is 9.10. The van der Waals surface area contributed by atoms with Crippen molar-refractivity contribution in [3.63, 3.8) is 0 Å². The second-order valence-electron chi connectivity index (χ2n) is 4.72. The molecule has 1 amide bonds. The Balaban J connectivity index is 2.51. The zero-order valence-corrected chi connectivity index (χ0v) is 13.5. The Morgan fingerprint density at radius 2 is 2.00 bits per heavy atom. The normalized spacial score (nSPS) is 13.5. The fourth-order valence-electron chi connectivity index (χ4n) is 1.99. The van der Waals surface area contributed by atoms with E-state index in [2.05, 4.69) is 21.2 Å². The first-order valence-electron chi connectivity index (χ1n) is 6.13. The maximum absolute atomic E-state index is 13.2. The third-order valence-corrected chi connectivity index (χ3v) is 4.21. The number of carbonyl (C=O) groups is 1. The quantitative estimate of drug-likeness (QED) is 0.852. The van der Waals surface area contributed by atoms with Gasteiger partial charge in [-0.3, -0.25) is 4.79 Å². The Hall–Kier alpha value is -1.59. The molecule has 0 radical (unpaired) electrons. The predicted molar refractivity (Wildman–Crippen MR) is 85.7 cm³/mol. The fraction of sp³-hybridized carbons (Fsp3) is 0.133. The minimum atomic E-state index is -1.24. The Morgan fingerprint density at radius 1 is 1.33 bits per heavy atom. The second-order valence-corrected chi connectivity index (χ2v) is 5.98. The highest BCUT2D eigenvalue weighted by Crippen LogP contribution is 2.34. The number of halogens is 3. The van der Waals surface area contributed by atoms with Gasteiger partial charge in [-0.15, -0.1) is 0 Å². The molecule has 3 N–H and O–H groups in total. The SMILES string of the molecule is CC(Nc1ccccc1Cl)(C(N)=O)c1ccc(F)cc1Br. The van der Waals surface area contributed by atoms with E-state index in [1.807, 2.05) is 0 Å². The van der Waals surface area contributed by atoms with E-state index in [9.17, 15) is 9.18 Å². The number of hydrogen-bond donors (Lipinski definition) is 2. The third kappa shape index (κ3) is 3.19. The lowest BCUT2D eigenvalue weighted by Gasteiger charge is -2.30. The van der Waals surface area contributed by atoms with Crippen molar-refractivity contribution in [3.8, 4) is 0 Å². The van der Waals surface area contributed by atoms with Crippen LogP contribution in [0.5, 0.6) is 0 Å². The standard InChI is InChI=1S/C15H13BrClFN2O/c1-15(14(19)21,10-7-6-9(18)8-11(10)16)20-13-5-3-2-4-12(13)17/h2-8,20H,1H3,(H2,19,21). The number of hydrogen-bond acceptors (Lipinski definition) is 2. The third-order valence-electron chi connectivity index (χ3n) is 3.22. The van der Waals surface area contributed by atoms with Crippen molar-refractivity contribution < 1.29 is 9.18 Å². The molecule has 110 valence electrons. The molecular weight excluding hydrogens is 359 g/mol. The van der Waals surface area contributed by atoms with Gasteiger partial charge in [0.15, 0.2) is 0 Å². The molecule has 0 aliphatic rings. The van der Waals surface area contributed by atoms with Gasteiger partial charge in [0.05, 0.1) is 10.7 Å². The Kier molecular flexibility index (Phi) is 4.54. The van der Waals surface area contributed by atoms with Crippen LogP contribution in [0.25, 0.3) is 0 Å². The van der Waals surface area contributed by atoms with E-state index in [0.29, 0.717) is 20.7 Å². The number of carbonyl (C=O) groups excluding carboxylic acids is 1. The van der Waals surface area contributed by atoms with Crippen molar-refractivity contribution in [2.75, 3.05) is 5.32 Å². The van der Waals surface area contributed by atoms with Gasteiger partial charge in [0, 0.05) is 10.0 Å². The van der Waals surface area contributed by atoms with Crippen molar-refractivity contribution >= 4 is 39.1 Å². The number of nitrogens with one attached hydrogen (secondary N) is 1. The van der Waals surface area contributed by atoms with Gasteiger partial charge in [0.1, 0.15) is 11.4 Å². The second kappa shape index (κ2) is 6.03. The molecule has 0 fully saturated rings. The van der Waals surface area contributed by atoms with Crippen LogP contribution in [0.1, 0.15) is 12.5 Å². The average molecular weight is 372 g/mol. The molecule has 2 aromatic rings. The molecule has 1 atom stereocenters. The molecule has 2 rings (SSSR count). The number of anilines is 1. The van der Waals surface area contributed by atoms with E-state index in [0.717, 1.165) is 0 Å². The molecule has 0 saturated heterocycles. The van der Waals surface area contributed by atoms with Crippen molar-refractivity contribution in [2.24, 2.45) is 5.73 Å². The first kappa shape index (κ1) is 15.8. The number of amides is 1. The zero-order chi connectivity index (χ0) is 15.6. The summed E-state index contributed by atoms with van der Waals surface area (Å²) in [5.74, 6) is -1.01. The summed E-state index contributed by atoms with van der Waals surface area (Å²) >= 11 is 9.36. The summed E-state index contributed by atoms with van der Waals surface area (Å²) in [6.45, 7) is 1.62. The number of primary amides is 1. The monoisotopic (exact) mass is 370 g/mol. The smallest absolute Gasteiger partial charge is 0.247 e. The minimum absolute atomic E-state index is 0.407. The van der Waals surface area contributed by atoms with Crippen LogP contribution in [0.4, 0.5) is 10.1 Å². The molecule has 0 saturated carbocycles. The van der Waals surface area contributed by atoms with Crippen LogP contribution in [0.3, 0.4) is 0 Å². The van der Waals surface area contributed by atoms with Crippen LogP contribution in [-0.2, 0) is 10.3 Å². The van der Waals surface area contributed by atoms with E-state index in [-0.39, 0.29) is 0 Å². The van der Waals surface area contributed by atoms with Gasteiger partial charge < -0.3 is 11.1 Å². The first-order chi connectivity index (χ1) is 9.84. The zero-order valence-electron chi connectivity index (χ0n) is 11.2. The lowest BCUT2D eigenvalue weighted by molar-refractivity contribution is -0.122. The summed E-state index contributed by atoms with van der Waals surface area (Å²) in [4.78, 5) is 12.0. The van der Waals surface area contributed by atoms with Crippen molar-refractivity contribution in [1.82, 2.24) is 0 Å². The van der Waals surface area contributed by atoms with Gasteiger partial charge >= 0.3 is 0 Å². The molecule has 0 aliphatic heterocycles. The summed E-state index contributed by atoms with van der Waals surface area (Å²) in [5, 5.41) is 3.50. The Labute approximate surface area is 135 Å². The van der Waals surface area contributed by atoms with E-state index in [1.165, 1.54) is 18.2 Å². The molecule has 2 aromatic carbocycles. The van der Waals surface area contributed by atoms with Crippen molar-refractivity contribution in [3.05, 3.63) is 63.3 Å². The largest absolute Gasteiger partial charge is 0.367 e. The predicted octanol–water partition coefficient (Wildman–Crippen LogP) is 4.05. The molecule has 0 aliphatic carbocycles. The van der Waals surface area contributed by atoms with Crippen LogP contribution in [0, 0.1) is 5.82 Å². The highest BCUT2D eigenvalue weighted by atomic mass is 79.9. The summed E-state index contributed by atoms with van der Waals surface area (Å²) in [5.41, 5.74) is 5.40. The minimum Gasteiger partial charge on any atom is -0.367 e. The summed E-state index contributed by atoms with van der Waals surface area (Å²) in [6.07, 6.45) is 0. The molecule has 3 nitrogen and oxygen atoms in total. The van der Waals surface area contributed by atoms with E-state index >= 15 is 0 Å². The van der Waals surface area contributed by atoms with Crippen LogP contribution in [0.2, 0.25) is 5.02 Å². The Morgan fingerprint density at radius 3 is 2.57 bits per heavy atom. The molecular formula is C15H13BrClFN2O. The summed E-state index contributed by atoms with van der Waals surface area (Å²) in [7, 11) is 0. The topological polar surface area (TPSA) is 55.1 Å². The molecule has 0 aromatic heterocycles. The van der Waals surface area contributed by atoms with Crippen molar-refractivity contribution in [2.45, 2.75) is 12.5 Å². The molecule has 6 heteroatoms. The Bertz CT molecular complexity index is 695. The summed E-state index contributed by atoms with van der Waals surface area (Å²) in [6, 6.07) is 11.1. The number of benzene rings is 2. The van der Waals surface area contributed by atoms with Gasteiger partial charge in [-0.1, -0.05) is 45.7 Å². The van der Waals surface area contributed by atoms with Crippen LogP contribution in [-0.4, -0.2) is 5.91 Å². The van der Waals surface area contributed by atoms with Crippen LogP contribution >= 0.6 is 27.5 Å². The lowest BCUT2D eigenvalue weighted by atomic mass is 9.90. The highest BCUT2D eigenvalue weighted by Gasteiger charge is 2.35. The average Bonchev–Trinajstić information content (AvgIpc) is 2.41. The number of rotatable bonds is 4. The number of para-hydroxylation sites is 1. The van der Waals surface area contributed by atoms with Gasteiger partial charge in [0.25, 0.3) is 0 Å². The number of nitrogens with two attached hydrogens (primary N) is 1. The fourth-order valence-corrected chi connectivity index (χ4v) is 2.92. The lowest BCUT2D eigenvalue weighted by Crippen LogP contribution is -2.45. The van der Waals surface area contributed by atoms with E-state index < -0.39 is 17.3 Å². The van der Waals surface area contributed by atoms with Crippen molar-refractivity contribution in [1.29, 1.82) is 0 Å². The van der Waals surface area contributed by atoms with Gasteiger partial charge in [-0.2, -0.15) is 0 Å². The maximum atomic E-state index is 13.2. The van der Waals surface area contributed by atoms with Gasteiger partial charge in [-0.05, 0) is 31.2 Å².